The average molecular weight is 465 g/mol. The van der Waals surface area contributed by atoms with Gasteiger partial charge in [-0.05, 0) is 56.4 Å². The van der Waals surface area contributed by atoms with E-state index in [0.717, 1.165) is 48.6 Å². The van der Waals surface area contributed by atoms with Crippen LogP contribution in [-0.2, 0) is 17.8 Å². The summed E-state index contributed by atoms with van der Waals surface area (Å²) < 4.78 is 45.4. The zero-order valence-corrected chi connectivity index (χ0v) is 18.2. The van der Waals surface area contributed by atoms with Gasteiger partial charge >= 0.3 is 6.18 Å². The number of alkyl halides is 3. The van der Waals surface area contributed by atoms with Gasteiger partial charge in [0.2, 0.25) is 0 Å². The predicted octanol–water partition coefficient (Wildman–Crippen LogP) is 5.33. The summed E-state index contributed by atoms with van der Waals surface area (Å²) in [5.41, 5.74) is 2.13. The monoisotopic (exact) mass is 464 g/mol. The Balaban J connectivity index is 0.00000256. The van der Waals surface area contributed by atoms with Crippen LogP contribution in [0.1, 0.15) is 62.2 Å². The fourth-order valence-electron chi connectivity index (χ4n) is 4.35. The van der Waals surface area contributed by atoms with E-state index in [-0.39, 0.29) is 24.4 Å². The molecule has 166 valence electrons. The second kappa shape index (κ2) is 9.42. The highest BCUT2D eigenvalue weighted by Crippen LogP contribution is 2.37. The number of nitrogens with zero attached hydrogens (tertiary/aromatic N) is 3. The highest BCUT2D eigenvalue weighted by molar-refractivity contribution is 6.30. The summed E-state index contributed by atoms with van der Waals surface area (Å²) >= 11 is 6.16. The van der Waals surface area contributed by atoms with E-state index < -0.39 is 18.7 Å². The summed E-state index contributed by atoms with van der Waals surface area (Å²) in [5.74, 6) is 1.97. The van der Waals surface area contributed by atoms with Gasteiger partial charge in [0.15, 0.2) is 5.82 Å². The Morgan fingerprint density at radius 1 is 1.20 bits per heavy atom. The number of fused-ring (bicyclic) bond motifs is 3. The molecule has 0 radical (unpaired) electrons. The van der Waals surface area contributed by atoms with Crippen molar-refractivity contribution in [3.05, 3.63) is 40.4 Å². The number of aromatic nitrogens is 3. The van der Waals surface area contributed by atoms with Gasteiger partial charge in [0, 0.05) is 17.5 Å². The Labute approximate surface area is 184 Å². The van der Waals surface area contributed by atoms with Crippen molar-refractivity contribution in [1.82, 2.24) is 20.1 Å². The van der Waals surface area contributed by atoms with Crippen LogP contribution in [0, 0.1) is 0 Å². The number of halogens is 5. The van der Waals surface area contributed by atoms with Gasteiger partial charge in [0.05, 0.1) is 30.9 Å². The molecular weight excluding hydrogens is 440 g/mol. The molecule has 10 heteroatoms. The van der Waals surface area contributed by atoms with Gasteiger partial charge in [-0.25, -0.2) is 0 Å². The van der Waals surface area contributed by atoms with Crippen molar-refractivity contribution in [3.8, 4) is 5.69 Å². The van der Waals surface area contributed by atoms with Crippen molar-refractivity contribution in [2.24, 2.45) is 0 Å². The first kappa shape index (κ1) is 23.3. The van der Waals surface area contributed by atoms with Gasteiger partial charge in [-0.15, -0.1) is 22.6 Å². The first-order valence-corrected chi connectivity index (χ1v) is 10.3. The summed E-state index contributed by atoms with van der Waals surface area (Å²) in [7, 11) is 0. The number of benzene rings is 1. The molecule has 2 aromatic rings. The van der Waals surface area contributed by atoms with Gasteiger partial charge < -0.3 is 10.1 Å². The molecule has 0 spiro atoms. The molecule has 2 aliphatic rings. The lowest BCUT2D eigenvalue weighted by atomic mass is 9.86. The minimum atomic E-state index is -4.19. The molecule has 1 aromatic carbocycles. The Hall–Kier alpha value is -1.35. The van der Waals surface area contributed by atoms with E-state index in [4.69, 9.17) is 16.3 Å². The second-order valence-electron chi connectivity index (χ2n) is 7.93. The molecule has 1 aliphatic heterocycles. The summed E-state index contributed by atoms with van der Waals surface area (Å²) in [6.07, 6.45) is -2.97. The maximum atomic E-state index is 12.5. The summed E-state index contributed by atoms with van der Waals surface area (Å²) in [6, 6.07) is 5.82. The van der Waals surface area contributed by atoms with E-state index in [9.17, 15) is 13.2 Å². The average Bonchev–Trinajstić information content (AvgIpc) is 2.96. The molecule has 1 aromatic heterocycles. The third-order valence-electron chi connectivity index (χ3n) is 5.62. The van der Waals surface area contributed by atoms with Crippen LogP contribution in [-0.4, -0.2) is 33.1 Å². The van der Waals surface area contributed by atoms with Crippen molar-refractivity contribution in [2.45, 2.75) is 76.4 Å². The molecule has 2 heterocycles. The van der Waals surface area contributed by atoms with E-state index in [2.05, 4.69) is 20.1 Å². The van der Waals surface area contributed by atoms with Gasteiger partial charge in [0.1, 0.15) is 5.82 Å². The van der Waals surface area contributed by atoms with Gasteiger partial charge in [-0.3, -0.25) is 4.57 Å². The molecule has 30 heavy (non-hydrogen) atoms. The third-order valence-corrected chi connectivity index (χ3v) is 5.85. The minimum Gasteiger partial charge on any atom is -0.375 e. The first-order valence-electron chi connectivity index (χ1n) is 9.96. The molecule has 1 unspecified atom stereocenters. The van der Waals surface area contributed by atoms with Crippen LogP contribution in [0.25, 0.3) is 5.69 Å². The van der Waals surface area contributed by atoms with Crippen LogP contribution in [0.2, 0.25) is 5.02 Å². The molecule has 0 saturated heterocycles. The fourth-order valence-corrected chi connectivity index (χ4v) is 4.55. The smallest absolute Gasteiger partial charge is 0.375 e. The highest BCUT2D eigenvalue weighted by atomic mass is 35.5. The molecule has 0 amide bonds. The normalized spacial score (nSPS) is 22.4. The zero-order valence-electron chi connectivity index (χ0n) is 16.6. The summed E-state index contributed by atoms with van der Waals surface area (Å²) in [4.78, 5) is 0. The van der Waals surface area contributed by atoms with Crippen LogP contribution in [0.15, 0.2) is 18.2 Å². The van der Waals surface area contributed by atoms with Gasteiger partial charge in [-0.2, -0.15) is 13.2 Å². The molecule has 1 aliphatic carbocycles. The Morgan fingerprint density at radius 2 is 1.93 bits per heavy atom. The number of rotatable bonds is 4. The van der Waals surface area contributed by atoms with E-state index in [1.54, 1.807) is 0 Å². The highest BCUT2D eigenvalue weighted by Gasteiger charge is 2.34. The molecule has 1 fully saturated rings. The Bertz CT molecular complexity index is 866. The first-order chi connectivity index (χ1) is 13.8. The zero-order chi connectivity index (χ0) is 20.6. The van der Waals surface area contributed by atoms with Crippen molar-refractivity contribution < 1.29 is 17.9 Å². The van der Waals surface area contributed by atoms with E-state index >= 15 is 0 Å². The Morgan fingerprint density at radius 3 is 2.63 bits per heavy atom. The van der Waals surface area contributed by atoms with Crippen molar-refractivity contribution >= 4 is 24.0 Å². The SMILES string of the molecule is CC(CC(F)(F)F)OC1CCC(c2nnc3n2-c2ccc(Cl)cc2CNC3)CC1.Cl. The van der Waals surface area contributed by atoms with E-state index in [1.165, 1.54) is 6.92 Å². The van der Waals surface area contributed by atoms with Crippen molar-refractivity contribution in [2.75, 3.05) is 0 Å². The maximum Gasteiger partial charge on any atom is 0.391 e. The van der Waals surface area contributed by atoms with Crippen LogP contribution < -0.4 is 5.32 Å². The minimum absolute atomic E-state index is 0. The van der Waals surface area contributed by atoms with Gasteiger partial charge in [-0.1, -0.05) is 11.6 Å². The predicted molar refractivity (Wildman–Crippen MR) is 110 cm³/mol. The molecule has 1 N–H and O–H groups in total. The lowest BCUT2D eigenvalue weighted by Gasteiger charge is -2.30. The molecule has 1 atom stereocenters. The van der Waals surface area contributed by atoms with Crippen molar-refractivity contribution in [3.63, 3.8) is 0 Å². The summed E-state index contributed by atoms with van der Waals surface area (Å²) in [5, 5.41) is 12.9. The topological polar surface area (TPSA) is 52.0 Å². The Kier molecular flexibility index (Phi) is 7.32. The largest absolute Gasteiger partial charge is 0.391 e. The lowest BCUT2D eigenvalue weighted by Crippen LogP contribution is -2.28. The lowest BCUT2D eigenvalue weighted by molar-refractivity contribution is -0.166. The van der Waals surface area contributed by atoms with E-state index in [0.29, 0.717) is 18.1 Å². The third kappa shape index (κ3) is 5.28. The van der Waals surface area contributed by atoms with E-state index in [1.807, 2.05) is 18.2 Å². The standard InChI is InChI=1S/C20H24ClF3N4O.ClH/c1-12(9-20(22,23)24)29-16-5-2-13(3-6-16)19-27-26-18-11-25-10-14-8-15(21)4-7-17(14)28(18)19;/h4,7-8,12-13,16,25H,2-3,5-6,9-11H2,1H3;1H. The fraction of sp³-hybridized carbons (Fsp3) is 0.600. The number of hydrogen-bond acceptors (Lipinski definition) is 4. The number of ether oxygens (including phenoxy) is 1. The maximum absolute atomic E-state index is 12.5. The molecule has 5 nitrogen and oxygen atoms in total. The van der Waals surface area contributed by atoms with Crippen LogP contribution in [0.3, 0.4) is 0 Å². The molecule has 4 rings (SSSR count). The molecule has 1 saturated carbocycles. The molecule has 0 bridgehead atoms. The second-order valence-corrected chi connectivity index (χ2v) is 8.36. The van der Waals surface area contributed by atoms with Crippen LogP contribution >= 0.6 is 24.0 Å². The van der Waals surface area contributed by atoms with Gasteiger partial charge in [0.25, 0.3) is 0 Å². The number of nitrogens with one attached hydrogen (secondary N) is 1. The number of hydrogen-bond donors (Lipinski definition) is 1. The van der Waals surface area contributed by atoms with Crippen LogP contribution in [0.5, 0.6) is 0 Å². The van der Waals surface area contributed by atoms with Crippen molar-refractivity contribution in [1.29, 1.82) is 0 Å². The summed E-state index contributed by atoms with van der Waals surface area (Å²) in [6.45, 7) is 2.82. The quantitative estimate of drug-likeness (QED) is 0.664. The molecular formula is C20H25Cl2F3N4O. The van der Waals surface area contributed by atoms with Crippen LogP contribution in [0.4, 0.5) is 13.2 Å².